The Morgan fingerprint density at radius 2 is 2.00 bits per heavy atom. The van der Waals surface area contributed by atoms with Crippen LogP contribution in [0.5, 0.6) is 0 Å². The summed E-state index contributed by atoms with van der Waals surface area (Å²) in [4.78, 5) is 11.4. The minimum Gasteiger partial charge on any atom is -0.368 e. The van der Waals surface area contributed by atoms with E-state index in [2.05, 4.69) is 20.8 Å². The number of carbonyl (C=O) groups excluding carboxylic acids is 1. The van der Waals surface area contributed by atoms with Gasteiger partial charge in [0.25, 0.3) is 0 Å². The van der Waals surface area contributed by atoms with Crippen molar-refractivity contribution in [3.05, 3.63) is 30.3 Å². The molecule has 2 rings (SSSR count). The van der Waals surface area contributed by atoms with E-state index >= 15 is 0 Å². The average Bonchev–Trinajstić information content (AvgIpc) is 2.84. The maximum atomic E-state index is 11.4. The van der Waals surface area contributed by atoms with Crippen molar-refractivity contribution >= 4 is 11.9 Å². The van der Waals surface area contributed by atoms with Gasteiger partial charge in [-0.2, -0.15) is 4.68 Å². The summed E-state index contributed by atoms with van der Waals surface area (Å²) in [7, 11) is 0. The van der Waals surface area contributed by atoms with Crippen molar-refractivity contribution < 1.29 is 4.79 Å². The zero-order valence-corrected chi connectivity index (χ0v) is 10.8. The highest BCUT2D eigenvalue weighted by molar-refractivity contribution is 5.82. The van der Waals surface area contributed by atoms with Gasteiger partial charge in [0.1, 0.15) is 6.04 Å². The number of primary amides is 1. The Labute approximate surface area is 110 Å². The van der Waals surface area contributed by atoms with Gasteiger partial charge >= 0.3 is 0 Å². The van der Waals surface area contributed by atoms with Crippen molar-refractivity contribution in [1.82, 2.24) is 20.2 Å². The normalized spacial score (nSPS) is 12.4. The van der Waals surface area contributed by atoms with Crippen molar-refractivity contribution in [2.24, 2.45) is 11.7 Å². The van der Waals surface area contributed by atoms with Crippen molar-refractivity contribution in [2.75, 3.05) is 5.32 Å². The molecule has 0 saturated carbocycles. The number of carbonyl (C=O) groups is 1. The number of rotatable bonds is 5. The highest BCUT2D eigenvalue weighted by atomic mass is 16.1. The van der Waals surface area contributed by atoms with Gasteiger partial charge in [0, 0.05) is 0 Å². The first-order valence-corrected chi connectivity index (χ1v) is 5.99. The van der Waals surface area contributed by atoms with Gasteiger partial charge in [0.2, 0.25) is 11.9 Å². The molecule has 0 fully saturated rings. The van der Waals surface area contributed by atoms with Crippen LogP contribution in [0, 0.1) is 5.92 Å². The maximum Gasteiger partial charge on any atom is 0.248 e. The molecule has 1 aromatic heterocycles. The minimum atomic E-state index is -0.520. The molecule has 1 unspecified atom stereocenters. The van der Waals surface area contributed by atoms with Crippen molar-refractivity contribution in [2.45, 2.75) is 19.9 Å². The van der Waals surface area contributed by atoms with E-state index in [4.69, 9.17) is 5.73 Å². The van der Waals surface area contributed by atoms with Crippen LogP contribution < -0.4 is 11.1 Å². The molecule has 0 bridgehead atoms. The van der Waals surface area contributed by atoms with Gasteiger partial charge < -0.3 is 11.1 Å². The molecule has 0 saturated heterocycles. The number of aromatic nitrogens is 4. The summed E-state index contributed by atoms with van der Waals surface area (Å²) in [6.07, 6.45) is 0. The van der Waals surface area contributed by atoms with Gasteiger partial charge in [-0.05, 0) is 28.5 Å². The molecular formula is C12H16N6O. The summed E-state index contributed by atoms with van der Waals surface area (Å²) in [5.74, 6) is -0.000245. The number of nitrogens with one attached hydrogen (secondary N) is 1. The third-order valence-electron chi connectivity index (χ3n) is 2.73. The number of tetrazole rings is 1. The molecule has 19 heavy (non-hydrogen) atoms. The van der Waals surface area contributed by atoms with Crippen LogP contribution in [0.2, 0.25) is 0 Å². The fraction of sp³-hybridized carbons (Fsp3) is 0.333. The molecule has 7 nitrogen and oxygen atoms in total. The van der Waals surface area contributed by atoms with E-state index in [1.54, 1.807) is 0 Å². The molecular weight excluding hydrogens is 244 g/mol. The van der Waals surface area contributed by atoms with Crippen molar-refractivity contribution in [3.8, 4) is 5.69 Å². The molecule has 0 aliphatic rings. The van der Waals surface area contributed by atoms with Crippen LogP contribution in [-0.4, -0.2) is 32.2 Å². The van der Waals surface area contributed by atoms with Crippen LogP contribution in [-0.2, 0) is 4.79 Å². The number of nitrogens with two attached hydrogens (primary N) is 1. The second-order valence-electron chi connectivity index (χ2n) is 4.52. The van der Waals surface area contributed by atoms with Gasteiger partial charge in [0.15, 0.2) is 0 Å². The summed E-state index contributed by atoms with van der Waals surface area (Å²) in [6, 6.07) is 8.89. The van der Waals surface area contributed by atoms with Crippen LogP contribution >= 0.6 is 0 Å². The Kier molecular flexibility index (Phi) is 3.74. The van der Waals surface area contributed by atoms with Crippen molar-refractivity contribution in [1.29, 1.82) is 0 Å². The summed E-state index contributed by atoms with van der Waals surface area (Å²) in [6.45, 7) is 3.80. The third-order valence-corrected chi connectivity index (χ3v) is 2.73. The average molecular weight is 260 g/mol. The van der Waals surface area contributed by atoms with E-state index in [1.165, 1.54) is 4.68 Å². The van der Waals surface area contributed by atoms with Crippen LogP contribution in [0.25, 0.3) is 5.69 Å². The Balaban J connectivity index is 2.28. The fourth-order valence-corrected chi connectivity index (χ4v) is 1.73. The number of para-hydroxylation sites is 1. The maximum absolute atomic E-state index is 11.4. The summed E-state index contributed by atoms with van der Waals surface area (Å²) >= 11 is 0. The summed E-state index contributed by atoms with van der Waals surface area (Å²) in [5, 5.41) is 14.4. The van der Waals surface area contributed by atoms with Gasteiger partial charge in [-0.1, -0.05) is 37.1 Å². The molecule has 2 aromatic rings. The van der Waals surface area contributed by atoms with E-state index in [9.17, 15) is 4.79 Å². The Morgan fingerprint density at radius 1 is 1.32 bits per heavy atom. The van der Waals surface area contributed by atoms with Gasteiger partial charge in [-0.3, -0.25) is 4.79 Å². The van der Waals surface area contributed by atoms with Crippen LogP contribution in [0.4, 0.5) is 5.95 Å². The Bertz CT molecular complexity index is 550. The lowest BCUT2D eigenvalue weighted by Gasteiger charge is -2.18. The summed E-state index contributed by atoms with van der Waals surface area (Å²) in [5.41, 5.74) is 6.17. The topological polar surface area (TPSA) is 98.7 Å². The molecule has 1 atom stereocenters. The predicted molar refractivity (Wildman–Crippen MR) is 70.6 cm³/mol. The lowest BCUT2D eigenvalue weighted by molar-refractivity contribution is -0.119. The molecule has 0 radical (unpaired) electrons. The predicted octanol–water partition coefficient (Wildman–Crippen LogP) is 0.584. The summed E-state index contributed by atoms with van der Waals surface area (Å²) < 4.78 is 1.53. The SMILES string of the molecule is CC(C)C(Nc1nnnn1-c1ccccc1)C(N)=O. The third kappa shape index (κ3) is 2.87. The van der Waals surface area contributed by atoms with E-state index in [0.29, 0.717) is 5.95 Å². The first-order chi connectivity index (χ1) is 9.09. The van der Waals surface area contributed by atoms with Crippen molar-refractivity contribution in [3.63, 3.8) is 0 Å². The molecule has 0 spiro atoms. The fourth-order valence-electron chi connectivity index (χ4n) is 1.73. The zero-order valence-electron chi connectivity index (χ0n) is 10.8. The van der Waals surface area contributed by atoms with Gasteiger partial charge in [-0.25, -0.2) is 0 Å². The first kappa shape index (κ1) is 13.0. The molecule has 1 aromatic carbocycles. The molecule has 3 N–H and O–H groups in total. The van der Waals surface area contributed by atoms with E-state index in [1.807, 2.05) is 44.2 Å². The molecule has 100 valence electrons. The number of benzene rings is 1. The molecule has 0 aliphatic carbocycles. The molecule has 0 aliphatic heterocycles. The number of amides is 1. The second-order valence-corrected chi connectivity index (χ2v) is 4.52. The van der Waals surface area contributed by atoms with Crippen LogP contribution in [0.1, 0.15) is 13.8 Å². The van der Waals surface area contributed by atoms with Crippen LogP contribution in [0.3, 0.4) is 0 Å². The van der Waals surface area contributed by atoms with E-state index < -0.39 is 11.9 Å². The van der Waals surface area contributed by atoms with E-state index in [-0.39, 0.29) is 5.92 Å². The lowest BCUT2D eigenvalue weighted by atomic mass is 10.0. The Hall–Kier alpha value is -2.44. The standard InChI is InChI=1S/C12H16N6O/c1-8(2)10(11(13)19)14-12-15-16-17-18(12)9-6-4-3-5-7-9/h3-8,10H,1-2H3,(H2,13,19)(H,14,15,17). The smallest absolute Gasteiger partial charge is 0.248 e. The number of hydrogen-bond donors (Lipinski definition) is 2. The second kappa shape index (κ2) is 5.47. The zero-order chi connectivity index (χ0) is 13.8. The van der Waals surface area contributed by atoms with Gasteiger partial charge in [-0.15, -0.1) is 0 Å². The van der Waals surface area contributed by atoms with Gasteiger partial charge in [0.05, 0.1) is 5.69 Å². The largest absolute Gasteiger partial charge is 0.368 e. The molecule has 7 heteroatoms. The quantitative estimate of drug-likeness (QED) is 0.819. The highest BCUT2D eigenvalue weighted by Gasteiger charge is 2.22. The minimum absolute atomic E-state index is 0.0402. The highest BCUT2D eigenvalue weighted by Crippen LogP contribution is 2.13. The number of nitrogens with zero attached hydrogens (tertiary/aromatic N) is 4. The monoisotopic (exact) mass is 260 g/mol. The number of hydrogen-bond acceptors (Lipinski definition) is 5. The van der Waals surface area contributed by atoms with E-state index in [0.717, 1.165) is 5.69 Å². The lowest BCUT2D eigenvalue weighted by Crippen LogP contribution is -2.40. The molecule has 1 heterocycles. The van der Waals surface area contributed by atoms with Crippen LogP contribution in [0.15, 0.2) is 30.3 Å². The Morgan fingerprint density at radius 3 is 2.58 bits per heavy atom. The molecule has 1 amide bonds. The first-order valence-electron chi connectivity index (χ1n) is 5.99. The number of anilines is 1.